The number of thiazole rings is 1. The fraction of sp³-hybridized carbons (Fsp3) is 0.733. The van der Waals surface area contributed by atoms with Crippen molar-refractivity contribution in [2.75, 3.05) is 7.05 Å². The zero-order valence-electron chi connectivity index (χ0n) is 26.6. The summed E-state index contributed by atoms with van der Waals surface area (Å²) < 4.78 is 5.81. The molecule has 11 nitrogen and oxygen atoms in total. The third-order valence-corrected chi connectivity index (χ3v) is 8.96. The predicted octanol–water partition coefficient (Wildman–Crippen LogP) is 3.45. The molecule has 0 saturated heterocycles. The zero-order valence-corrected chi connectivity index (χ0v) is 27.5. The molecule has 4 amide bonds. The first-order valence-electron chi connectivity index (χ1n) is 15.0. The van der Waals surface area contributed by atoms with Crippen molar-refractivity contribution in [2.24, 2.45) is 23.7 Å². The molecule has 2 heterocycles. The summed E-state index contributed by atoms with van der Waals surface area (Å²) in [4.78, 5) is 73.3. The number of fused-ring (bicyclic) bond motifs is 2. The number of nitrogens with one attached hydrogen (secondary N) is 3. The second-order valence-corrected chi connectivity index (χ2v) is 13.0. The van der Waals surface area contributed by atoms with Gasteiger partial charge in [-0.1, -0.05) is 54.9 Å². The van der Waals surface area contributed by atoms with Gasteiger partial charge in [-0.2, -0.15) is 0 Å². The molecule has 12 heteroatoms. The van der Waals surface area contributed by atoms with Crippen molar-refractivity contribution < 1.29 is 28.7 Å². The van der Waals surface area contributed by atoms with Gasteiger partial charge in [0, 0.05) is 24.4 Å². The van der Waals surface area contributed by atoms with Gasteiger partial charge < -0.3 is 25.6 Å². The minimum absolute atomic E-state index is 0.181. The molecule has 0 spiro atoms. The molecule has 2 rings (SSSR count). The Morgan fingerprint density at radius 1 is 0.952 bits per heavy atom. The van der Waals surface area contributed by atoms with E-state index in [9.17, 15) is 24.0 Å². The number of hydrogen-bond donors (Lipinski definition) is 3. The molecule has 2 bridgehead atoms. The van der Waals surface area contributed by atoms with Gasteiger partial charge in [-0.05, 0) is 38.5 Å². The quantitative estimate of drug-likeness (QED) is 0.420. The van der Waals surface area contributed by atoms with E-state index in [1.807, 2.05) is 41.5 Å². The Balaban J connectivity index is 2.60. The van der Waals surface area contributed by atoms with Crippen LogP contribution in [0.2, 0.25) is 0 Å². The van der Waals surface area contributed by atoms with Crippen molar-refractivity contribution >= 4 is 40.9 Å². The fourth-order valence-corrected chi connectivity index (χ4v) is 5.83. The van der Waals surface area contributed by atoms with E-state index in [1.54, 1.807) is 33.2 Å². The maximum atomic E-state index is 13.8. The molecule has 1 aromatic heterocycles. The summed E-state index contributed by atoms with van der Waals surface area (Å²) in [6.07, 6.45) is 0.620. The van der Waals surface area contributed by atoms with Gasteiger partial charge in [-0.25, -0.2) is 4.98 Å². The largest absolute Gasteiger partial charge is 0.452 e. The number of aromatic nitrogens is 1. The lowest BCUT2D eigenvalue weighted by atomic mass is 9.95. The normalized spacial score (nSPS) is 27.9. The molecule has 0 unspecified atom stereocenters. The van der Waals surface area contributed by atoms with Crippen LogP contribution in [0.5, 0.6) is 0 Å². The third-order valence-electron chi connectivity index (χ3n) is 7.93. The number of esters is 1. The van der Waals surface area contributed by atoms with E-state index >= 15 is 0 Å². The summed E-state index contributed by atoms with van der Waals surface area (Å²) in [5, 5.41) is 10.8. The maximum Gasteiger partial charge on any atom is 0.311 e. The molecule has 0 fully saturated rings. The van der Waals surface area contributed by atoms with Crippen molar-refractivity contribution in [3.8, 4) is 0 Å². The van der Waals surface area contributed by atoms with Crippen LogP contribution in [0.1, 0.15) is 103 Å². The van der Waals surface area contributed by atoms with Crippen LogP contribution in [0.15, 0.2) is 5.38 Å². The van der Waals surface area contributed by atoms with E-state index in [4.69, 9.17) is 4.74 Å². The summed E-state index contributed by atoms with van der Waals surface area (Å²) in [6, 6.07) is -2.85. The van der Waals surface area contributed by atoms with E-state index in [0.29, 0.717) is 24.3 Å². The molecule has 7 atom stereocenters. The Hall–Kier alpha value is -3.02. The summed E-state index contributed by atoms with van der Waals surface area (Å²) in [7, 11) is 1.55. The molecule has 0 saturated carbocycles. The van der Waals surface area contributed by atoms with Gasteiger partial charge in [0.05, 0.1) is 12.0 Å². The average Bonchev–Trinajstić information content (AvgIpc) is 3.43. The number of likely N-dealkylation sites (N-methyl/N-ethyl adjacent to an activating group) is 1. The van der Waals surface area contributed by atoms with Gasteiger partial charge in [0.2, 0.25) is 11.8 Å². The summed E-state index contributed by atoms with van der Waals surface area (Å²) in [6.45, 7) is 16.4. The maximum absolute atomic E-state index is 13.8. The van der Waals surface area contributed by atoms with Crippen LogP contribution < -0.4 is 16.0 Å². The molecule has 3 N–H and O–H groups in total. The van der Waals surface area contributed by atoms with Crippen LogP contribution in [0.4, 0.5) is 0 Å². The topological polar surface area (TPSA) is 147 Å². The lowest BCUT2D eigenvalue weighted by molar-refractivity contribution is -0.164. The second-order valence-electron chi connectivity index (χ2n) is 12.1. The van der Waals surface area contributed by atoms with Crippen molar-refractivity contribution in [2.45, 2.75) is 112 Å². The van der Waals surface area contributed by atoms with Crippen LogP contribution in [0.25, 0.3) is 0 Å². The SMILES string of the molecule is CCC[C@@H]1NC(=O)c2csc(n2)[C@@H](C)NC(=O)[C@@H](C(C)C)N(C)C(=O)[C@@H](C(C)C)NC(=O)[C@@H]([C@@H](C)CC)OC(=O)[C@@H]1C. The van der Waals surface area contributed by atoms with Crippen LogP contribution in [-0.4, -0.2) is 70.8 Å². The Kier molecular flexibility index (Phi) is 12.9. The first kappa shape index (κ1) is 35.2. The number of rotatable bonds is 6. The minimum atomic E-state index is -1.14. The van der Waals surface area contributed by atoms with Gasteiger partial charge in [-0.3, -0.25) is 24.0 Å². The van der Waals surface area contributed by atoms with Crippen molar-refractivity contribution in [1.82, 2.24) is 25.8 Å². The third kappa shape index (κ3) is 8.52. The van der Waals surface area contributed by atoms with Gasteiger partial charge in [0.15, 0.2) is 6.10 Å². The highest BCUT2D eigenvalue weighted by Crippen LogP contribution is 2.23. The average molecular weight is 608 g/mol. The molecular weight excluding hydrogens is 558 g/mol. The van der Waals surface area contributed by atoms with E-state index in [-0.39, 0.29) is 29.4 Å². The Morgan fingerprint density at radius 3 is 2.14 bits per heavy atom. The zero-order chi connectivity index (χ0) is 31.9. The summed E-state index contributed by atoms with van der Waals surface area (Å²) >= 11 is 1.24. The predicted molar refractivity (Wildman–Crippen MR) is 161 cm³/mol. The van der Waals surface area contributed by atoms with Crippen LogP contribution >= 0.6 is 11.3 Å². The minimum Gasteiger partial charge on any atom is -0.452 e. The second kappa shape index (κ2) is 15.5. The highest BCUT2D eigenvalue weighted by atomic mass is 32.1. The summed E-state index contributed by atoms with van der Waals surface area (Å²) in [5.41, 5.74) is 0.181. The highest BCUT2D eigenvalue weighted by Gasteiger charge is 2.39. The van der Waals surface area contributed by atoms with Gasteiger partial charge in [0.25, 0.3) is 11.8 Å². The van der Waals surface area contributed by atoms with Crippen molar-refractivity contribution in [3.05, 3.63) is 16.1 Å². The highest BCUT2D eigenvalue weighted by molar-refractivity contribution is 7.09. The number of hydrogen-bond acceptors (Lipinski definition) is 8. The molecule has 1 aromatic rings. The number of amides is 4. The molecule has 0 aromatic carbocycles. The lowest BCUT2D eigenvalue weighted by Crippen LogP contribution is -2.59. The van der Waals surface area contributed by atoms with Crippen LogP contribution in [0.3, 0.4) is 0 Å². The Labute approximate surface area is 253 Å². The molecule has 1 aliphatic heterocycles. The van der Waals surface area contributed by atoms with Crippen molar-refractivity contribution in [1.29, 1.82) is 0 Å². The van der Waals surface area contributed by atoms with Crippen LogP contribution in [0, 0.1) is 23.7 Å². The van der Waals surface area contributed by atoms with E-state index < -0.39 is 59.9 Å². The van der Waals surface area contributed by atoms with E-state index in [0.717, 1.165) is 0 Å². The first-order chi connectivity index (χ1) is 19.6. The molecule has 0 radical (unpaired) electrons. The monoisotopic (exact) mass is 607 g/mol. The van der Waals surface area contributed by atoms with Crippen LogP contribution in [-0.2, 0) is 23.9 Å². The Morgan fingerprint density at radius 2 is 1.60 bits per heavy atom. The first-order valence-corrected chi connectivity index (χ1v) is 15.9. The Bertz CT molecular complexity index is 1120. The molecule has 42 heavy (non-hydrogen) atoms. The molecular formula is C30H49N5O6S. The summed E-state index contributed by atoms with van der Waals surface area (Å²) in [5.74, 6) is -4.05. The van der Waals surface area contributed by atoms with Gasteiger partial charge in [-0.15, -0.1) is 11.3 Å². The van der Waals surface area contributed by atoms with E-state index in [1.165, 1.54) is 16.2 Å². The smallest absolute Gasteiger partial charge is 0.311 e. The van der Waals surface area contributed by atoms with Crippen molar-refractivity contribution in [3.63, 3.8) is 0 Å². The number of nitrogens with zero attached hydrogens (tertiary/aromatic N) is 2. The molecule has 236 valence electrons. The fourth-order valence-electron chi connectivity index (χ4n) is 5.02. The molecule has 1 aliphatic rings. The van der Waals surface area contributed by atoms with Gasteiger partial charge >= 0.3 is 5.97 Å². The standard InChI is InChI=1S/C30H49N5O6S/c1-11-13-20-18(8)30(40)41-24(17(7)12-2)27(38)34-22(15(3)4)29(39)35(10)23(16(5)6)26(37)31-19(9)28-33-21(14-42-28)25(36)32-20/h14-20,22-24H,11-13H2,1-10H3,(H,31,37)(H,32,36)(H,34,38)/t17-,18+,19+,20-,22+,23+,24+/m0/s1. The number of cyclic esters (lactones) is 1. The number of carbonyl (C=O) groups excluding carboxylic acids is 5. The molecule has 0 aliphatic carbocycles. The lowest BCUT2D eigenvalue weighted by Gasteiger charge is -2.35. The van der Waals surface area contributed by atoms with Gasteiger partial charge in [0.1, 0.15) is 22.8 Å². The number of ether oxygens (including phenoxy) is 1. The van der Waals surface area contributed by atoms with E-state index in [2.05, 4.69) is 20.9 Å². The number of carbonyl (C=O) groups is 5.